The van der Waals surface area contributed by atoms with E-state index in [2.05, 4.69) is 24.6 Å². The lowest BCUT2D eigenvalue weighted by Gasteiger charge is -2.24. The van der Waals surface area contributed by atoms with Crippen molar-refractivity contribution in [2.75, 3.05) is 18.0 Å². The van der Waals surface area contributed by atoms with E-state index in [1.54, 1.807) is 0 Å². The van der Waals surface area contributed by atoms with Gasteiger partial charge in [-0.25, -0.2) is 0 Å². The van der Waals surface area contributed by atoms with Gasteiger partial charge in [0.05, 0.1) is 0 Å². The summed E-state index contributed by atoms with van der Waals surface area (Å²) in [5.74, 6) is -0.0666. The normalized spacial score (nSPS) is 9.61. The van der Waals surface area contributed by atoms with Crippen molar-refractivity contribution in [3.05, 3.63) is 67.3 Å². The van der Waals surface area contributed by atoms with E-state index < -0.39 is 0 Å². The first-order valence-electron chi connectivity index (χ1n) is 5.88. The van der Waals surface area contributed by atoms with Crippen LogP contribution >= 0.6 is 0 Å². The molecule has 1 rings (SSSR count). The van der Waals surface area contributed by atoms with Crippen molar-refractivity contribution >= 4 is 11.5 Å². The van der Waals surface area contributed by atoms with E-state index in [1.165, 1.54) is 6.08 Å². The lowest BCUT2D eigenvalue weighted by Crippen LogP contribution is -2.25. The fraction of sp³-hybridized carbons (Fsp3) is 0.188. The Labute approximate surface area is 109 Å². The van der Waals surface area contributed by atoms with Gasteiger partial charge in [0.2, 0.25) is 0 Å². The number of ketones is 1. The standard InChI is InChI=1S/C16H19NO/c1-5-10-17(11-6-2)15-12-13(4)8-9-14(15)16(18)7-3/h5-9,12H,1-3,10-11H2,4H3. The largest absolute Gasteiger partial charge is 0.364 e. The zero-order valence-corrected chi connectivity index (χ0v) is 10.9. The highest BCUT2D eigenvalue weighted by atomic mass is 16.1. The average Bonchev–Trinajstić information content (AvgIpc) is 2.37. The number of benzene rings is 1. The maximum atomic E-state index is 11.9. The molecule has 0 atom stereocenters. The van der Waals surface area contributed by atoms with Gasteiger partial charge in [0.1, 0.15) is 0 Å². The summed E-state index contributed by atoms with van der Waals surface area (Å²) in [6, 6.07) is 5.78. The van der Waals surface area contributed by atoms with Crippen molar-refractivity contribution < 1.29 is 4.79 Å². The number of hydrogen-bond donors (Lipinski definition) is 0. The molecule has 2 nitrogen and oxygen atoms in total. The number of allylic oxidation sites excluding steroid dienone is 1. The lowest BCUT2D eigenvalue weighted by atomic mass is 10.0. The third-order valence-corrected chi connectivity index (χ3v) is 2.64. The van der Waals surface area contributed by atoms with Gasteiger partial charge in [0, 0.05) is 24.3 Å². The monoisotopic (exact) mass is 241 g/mol. The number of carbonyl (C=O) groups excluding carboxylic acids is 1. The maximum Gasteiger partial charge on any atom is 0.187 e. The molecule has 0 spiro atoms. The molecule has 0 aliphatic rings. The van der Waals surface area contributed by atoms with Crippen molar-refractivity contribution in [2.45, 2.75) is 6.92 Å². The van der Waals surface area contributed by atoms with Crippen LogP contribution in [0.5, 0.6) is 0 Å². The van der Waals surface area contributed by atoms with Crippen molar-refractivity contribution in [1.82, 2.24) is 0 Å². The van der Waals surface area contributed by atoms with Crippen LogP contribution in [0.4, 0.5) is 5.69 Å². The molecule has 0 saturated carbocycles. The summed E-state index contributed by atoms with van der Waals surface area (Å²) in [5.41, 5.74) is 2.68. The molecule has 0 aliphatic heterocycles. The van der Waals surface area contributed by atoms with Crippen LogP contribution in [0.2, 0.25) is 0 Å². The van der Waals surface area contributed by atoms with Crippen LogP contribution in [-0.2, 0) is 0 Å². The van der Waals surface area contributed by atoms with E-state index in [9.17, 15) is 4.79 Å². The van der Waals surface area contributed by atoms with Gasteiger partial charge in [-0.3, -0.25) is 4.79 Å². The Balaban J connectivity index is 3.28. The molecule has 94 valence electrons. The van der Waals surface area contributed by atoms with Crippen LogP contribution in [0.3, 0.4) is 0 Å². The van der Waals surface area contributed by atoms with Gasteiger partial charge in [-0.15, -0.1) is 13.2 Å². The van der Waals surface area contributed by atoms with E-state index >= 15 is 0 Å². The zero-order valence-electron chi connectivity index (χ0n) is 10.9. The summed E-state index contributed by atoms with van der Waals surface area (Å²) in [7, 11) is 0. The Kier molecular flexibility index (Phi) is 5.12. The second-order valence-corrected chi connectivity index (χ2v) is 4.07. The molecule has 0 saturated heterocycles. The van der Waals surface area contributed by atoms with Crippen LogP contribution in [-0.4, -0.2) is 18.9 Å². The number of nitrogens with zero attached hydrogens (tertiary/aromatic N) is 1. The smallest absolute Gasteiger partial charge is 0.187 e. The van der Waals surface area contributed by atoms with Crippen LogP contribution in [0.25, 0.3) is 0 Å². The number of anilines is 1. The van der Waals surface area contributed by atoms with Crippen LogP contribution in [0.15, 0.2) is 56.2 Å². The first-order chi connectivity index (χ1) is 8.63. The average molecular weight is 241 g/mol. The van der Waals surface area contributed by atoms with Gasteiger partial charge < -0.3 is 4.90 Å². The molecular formula is C16H19NO. The number of hydrogen-bond acceptors (Lipinski definition) is 2. The number of aryl methyl sites for hydroxylation is 1. The Morgan fingerprint density at radius 1 is 1.22 bits per heavy atom. The molecule has 0 unspecified atom stereocenters. The minimum absolute atomic E-state index is 0.0666. The maximum absolute atomic E-state index is 11.9. The third kappa shape index (κ3) is 3.20. The SMILES string of the molecule is C=CCN(CC=C)c1cc(C)ccc1C(=O)C=C. The van der Waals surface area contributed by atoms with Crippen LogP contribution in [0.1, 0.15) is 15.9 Å². The highest BCUT2D eigenvalue weighted by molar-refractivity contribution is 6.08. The fourth-order valence-electron chi connectivity index (χ4n) is 1.80. The molecule has 0 amide bonds. The summed E-state index contributed by atoms with van der Waals surface area (Å²) in [6.07, 6.45) is 4.97. The van der Waals surface area contributed by atoms with E-state index in [1.807, 2.05) is 37.3 Å². The predicted molar refractivity (Wildman–Crippen MR) is 78.3 cm³/mol. The molecule has 0 radical (unpaired) electrons. The highest BCUT2D eigenvalue weighted by Crippen LogP contribution is 2.23. The first-order valence-corrected chi connectivity index (χ1v) is 5.88. The second kappa shape index (κ2) is 6.60. The second-order valence-electron chi connectivity index (χ2n) is 4.07. The van der Waals surface area contributed by atoms with E-state index in [4.69, 9.17) is 0 Å². The van der Waals surface area contributed by atoms with Gasteiger partial charge in [0.15, 0.2) is 5.78 Å². The quantitative estimate of drug-likeness (QED) is 0.413. The van der Waals surface area contributed by atoms with E-state index in [-0.39, 0.29) is 5.78 Å². The number of carbonyl (C=O) groups is 1. The molecule has 0 aliphatic carbocycles. The minimum atomic E-state index is -0.0666. The lowest BCUT2D eigenvalue weighted by molar-refractivity contribution is 0.104. The Bertz CT molecular complexity index is 464. The molecule has 0 fully saturated rings. The van der Waals surface area contributed by atoms with Crippen molar-refractivity contribution in [3.8, 4) is 0 Å². The van der Waals surface area contributed by atoms with Gasteiger partial charge in [-0.2, -0.15) is 0 Å². The van der Waals surface area contributed by atoms with Crippen molar-refractivity contribution in [3.63, 3.8) is 0 Å². The minimum Gasteiger partial charge on any atom is -0.364 e. The molecule has 1 aromatic carbocycles. The molecule has 0 aromatic heterocycles. The summed E-state index contributed by atoms with van der Waals surface area (Å²) in [4.78, 5) is 13.9. The van der Waals surface area contributed by atoms with Gasteiger partial charge in [-0.1, -0.05) is 24.8 Å². The predicted octanol–water partition coefficient (Wildman–Crippen LogP) is 3.54. The molecule has 0 heterocycles. The van der Waals surface area contributed by atoms with Crippen molar-refractivity contribution in [2.24, 2.45) is 0 Å². The van der Waals surface area contributed by atoms with Crippen LogP contribution < -0.4 is 4.90 Å². The molecule has 1 aromatic rings. The summed E-state index contributed by atoms with van der Waals surface area (Å²) < 4.78 is 0. The summed E-state index contributed by atoms with van der Waals surface area (Å²) in [5, 5.41) is 0. The highest BCUT2D eigenvalue weighted by Gasteiger charge is 2.13. The molecule has 18 heavy (non-hydrogen) atoms. The topological polar surface area (TPSA) is 20.3 Å². The Morgan fingerprint density at radius 2 is 1.83 bits per heavy atom. The Hall–Kier alpha value is -2.09. The number of rotatable bonds is 7. The molecular weight excluding hydrogens is 222 g/mol. The molecule has 0 N–H and O–H groups in total. The summed E-state index contributed by atoms with van der Waals surface area (Å²) >= 11 is 0. The van der Waals surface area contributed by atoms with Crippen LogP contribution in [0, 0.1) is 6.92 Å². The van der Waals surface area contributed by atoms with Gasteiger partial charge >= 0.3 is 0 Å². The first kappa shape index (κ1) is 14.0. The fourth-order valence-corrected chi connectivity index (χ4v) is 1.80. The Morgan fingerprint density at radius 3 is 2.33 bits per heavy atom. The van der Waals surface area contributed by atoms with Crippen molar-refractivity contribution in [1.29, 1.82) is 0 Å². The third-order valence-electron chi connectivity index (χ3n) is 2.64. The molecule has 0 bridgehead atoms. The van der Waals surface area contributed by atoms with Gasteiger partial charge in [0.25, 0.3) is 0 Å². The summed E-state index contributed by atoms with van der Waals surface area (Å²) in [6.45, 7) is 14.4. The van der Waals surface area contributed by atoms with Gasteiger partial charge in [-0.05, 0) is 30.7 Å². The van der Waals surface area contributed by atoms with E-state index in [0.717, 1.165) is 11.3 Å². The van der Waals surface area contributed by atoms with E-state index in [0.29, 0.717) is 18.7 Å². The molecule has 2 heteroatoms. The zero-order chi connectivity index (χ0) is 13.5.